The van der Waals surface area contributed by atoms with Crippen molar-refractivity contribution in [1.82, 2.24) is 10.2 Å². The van der Waals surface area contributed by atoms with Gasteiger partial charge in [0.15, 0.2) is 0 Å². The molecule has 106 valence electrons. The molecule has 2 aliphatic rings. The molecule has 3 atom stereocenters. The highest BCUT2D eigenvalue weighted by molar-refractivity contribution is 4.92. The van der Waals surface area contributed by atoms with Gasteiger partial charge in [0.2, 0.25) is 0 Å². The molecule has 2 nitrogen and oxygen atoms in total. The highest BCUT2D eigenvalue weighted by atomic mass is 15.2. The van der Waals surface area contributed by atoms with Gasteiger partial charge in [-0.1, -0.05) is 47.0 Å². The van der Waals surface area contributed by atoms with Gasteiger partial charge in [0.05, 0.1) is 0 Å². The Kier molecular flexibility index (Phi) is 4.71. The van der Waals surface area contributed by atoms with Crippen molar-refractivity contribution in [2.45, 2.75) is 71.9 Å². The minimum absolute atomic E-state index is 0.384. The summed E-state index contributed by atoms with van der Waals surface area (Å²) in [5.41, 5.74) is 0.384. The number of rotatable bonds is 2. The summed E-state index contributed by atoms with van der Waals surface area (Å²) in [6, 6.07) is 1.53. The van der Waals surface area contributed by atoms with Crippen molar-refractivity contribution in [2.75, 3.05) is 19.6 Å². The fraction of sp³-hybridized carbons (Fsp3) is 1.00. The molecule has 0 amide bonds. The Morgan fingerprint density at radius 2 is 1.89 bits per heavy atom. The van der Waals surface area contributed by atoms with Crippen molar-refractivity contribution in [1.29, 1.82) is 0 Å². The second kappa shape index (κ2) is 5.92. The highest BCUT2D eigenvalue weighted by Gasteiger charge is 2.35. The summed E-state index contributed by atoms with van der Waals surface area (Å²) in [5.74, 6) is 0.956. The first-order chi connectivity index (χ1) is 8.52. The van der Waals surface area contributed by atoms with Crippen molar-refractivity contribution in [3.05, 3.63) is 0 Å². The molecule has 1 heterocycles. The van der Waals surface area contributed by atoms with E-state index in [1.165, 1.54) is 51.7 Å². The van der Waals surface area contributed by atoms with E-state index in [1.807, 2.05) is 0 Å². The standard InChI is InChI=1S/C16H32N2/c1-5-13-8-6-7-9-14(13)18-11-10-17-15(12-18)16(2,3)4/h13-15,17H,5-12H2,1-4H3. The minimum Gasteiger partial charge on any atom is -0.311 e. The maximum atomic E-state index is 3.72. The lowest BCUT2D eigenvalue weighted by Crippen LogP contribution is -2.59. The number of nitrogens with zero attached hydrogens (tertiary/aromatic N) is 1. The first-order valence-electron chi connectivity index (χ1n) is 7.99. The van der Waals surface area contributed by atoms with Crippen LogP contribution in [0.1, 0.15) is 59.8 Å². The van der Waals surface area contributed by atoms with E-state index < -0.39 is 0 Å². The lowest BCUT2D eigenvalue weighted by molar-refractivity contribution is 0.0493. The van der Waals surface area contributed by atoms with E-state index in [4.69, 9.17) is 0 Å². The number of piperazine rings is 1. The predicted octanol–water partition coefficient (Wildman–Crippen LogP) is 3.28. The van der Waals surface area contributed by atoms with Crippen LogP contribution in [0.5, 0.6) is 0 Å². The molecule has 1 N–H and O–H groups in total. The summed E-state index contributed by atoms with van der Waals surface area (Å²) in [6.45, 7) is 13.2. The van der Waals surface area contributed by atoms with Crippen LogP contribution in [0.25, 0.3) is 0 Å². The summed E-state index contributed by atoms with van der Waals surface area (Å²) in [4.78, 5) is 2.81. The number of nitrogens with one attached hydrogen (secondary N) is 1. The van der Waals surface area contributed by atoms with Crippen LogP contribution in [-0.2, 0) is 0 Å². The molecule has 1 aliphatic heterocycles. The second-order valence-electron chi connectivity index (χ2n) is 7.39. The normalized spacial score (nSPS) is 35.7. The molecule has 2 heteroatoms. The van der Waals surface area contributed by atoms with Crippen LogP contribution < -0.4 is 5.32 Å². The Morgan fingerprint density at radius 1 is 1.17 bits per heavy atom. The largest absolute Gasteiger partial charge is 0.311 e. The third-order valence-electron chi connectivity index (χ3n) is 5.11. The van der Waals surface area contributed by atoms with Gasteiger partial charge in [-0.3, -0.25) is 4.90 Å². The first-order valence-corrected chi connectivity index (χ1v) is 7.99. The Labute approximate surface area is 114 Å². The highest BCUT2D eigenvalue weighted by Crippen LogP contribution is 2.32. The molecule has 0 bridgehead atoms. The zero-order chi connectivity index (χ0) is 13.2. The molecule has 0 radical (unpaired) electrons. The first kappa shape index (κ1) is 14.3. The molecule has 1 aliphatic carbocycles. The molecule has 0 aromatic rings. The van der Waals surface area contributed by atoms with Gasteiger partial charge in [0.1, 0.15) is 0 Å². The molecular weight excluding hydrogens is 220 g/mol. The predicted molar refractivity (Wildman–Crippen MR) is 78.9 cm³/mol. The molecule has 0 aromatic carbocycles. The van der Waals surface area contributed by atoms with Gasteiger partial charge in [-0.2, -0.15) is 0 Å². The van der Waals surface area contributed by atoms with Gasteiger partial charge in [-0.15, -0.1) is 0 Å². The maximum Gasteiger partial charge on any atom is 0.0244 e. The third kappa shape index (κ3) is 3.27. The molecule has 0 spiro atoms. The van der Waals surface area contributed by atoms with Gasteiger partial charge < -0.3 is 5.32 Å². The van der Waals surface area contributed by atoms with Crippen LogP contribution in [0.3, 0.4) is 0 Å². The summed E-state index contributed by atoms with van der Waals surface area (Å²) in [5, 5.41) is 3.72. The van der Waals surface area contributed by atoms with Crippen LogP contribution >= 0.6 is 0 Å². The Morgan fingerprint density at radius 3 is 2.56 bits per heavy atom. The average molecular weight is 252 g/mol. The second-order valence-corrected chi connectivity index (χ2v) is 7.39. The summed E-state index contributed by atoms with van der Waals surface area (Å²) in [6.07, 6.45) is 7.19. The maximum absolute atomic E-state index is 3.72. The van der Waals surface area contributed by atoms with Gasteiger partial charge in [-0.05, 0) is 24.2 Å². The van der Waals surface area contributed by atoms with E-state index >= 15 is 0 Å². The van der Waals surface area contributed by atoms with Crippen LogP contribution in [0.15, 0.2) is 0 Å². The molecule has 2 fully saturated rings. The average Bonchev–Trinajstić information content (AvgIpc) is 2.38. The Hall–Kier alpha value is -0.0800. The van der Waals surface area contributed by atoms with Crippen molar-refractivity contribution in [3.8, 4) is 0 Å². The summed E-state index contributed by atoms with van der Waals surface area (Å²) in [7, 11) is 0. The van der Waals surface area contributed by atoms with Crippen LogP contribution in [-0.4, -0.2) is 36.6 Å². The third-order valence-corrected chi connectivity index (χ3v) is 5.11. The molecular formula is C16H32N2. The van der Waals surface area contributed by atoms with E-state index in [0.29, 0.717) is 11.5 Å². The zero-order valence-corrected chi connectivity index (χ0v) is 12.8. The van der Waals surface area contributed by atoms with Crippen molar-refractivity contribution >= 4 is 0 Å². The van der Waals surface area contributed by atoms with Crippen molar-refractivity contribution in [2.24, 2.45) is 11.3 Å². The van der Waals surface area contributed by atoms with Gasteiger partial charge in [0, 0.05) is 31.7 Å². The van der Waals surface area contributed by atoms with E-state index in [-0.39, 0.29) is 0 Å². The molecule has 0 aromatic heterocycles. The van der Waals surface area contributed by atoms with E-state index in [2.05, 4.69) is 37.9 Å². The summed E-state index contributed by atoms with van der Waals surface area (Å²) < 4.78 is 0. The monoisotopic (exact) mass is 252 g/mol. The molecule has 2 rings (SSSR count). The summed E-state index contributed by atoms with van der Waals surface area (Å²) >= 11 is 0. The van der Waals surface area contributed by atoms with Crippen LogP contribution in [0, 0.1) is 11.3 Å². The van der Waals surface area contributed by atoms with Crippen LogP contribution in [0.2, 0.25) is 0 Å². The number of hydrogen-bond acceptors (Lipinski definition) is 2. The molecule has 1 saturated carbocycles. The van der Waals surface area contributed by atoms with Crippen LogP contribution in [0.4, 0.5) is 0 Å². The van der Waals surface area contributed by atoms with Gasteiger partial charge in [-0.25, -0.2) is 0 Å². The fourth-order valence-corrected chi connectivity index (χ4v) is 3.80. The molecule has 3 unspecified atom stereocenters. The molecule has 1 saturated heterocycles. The minimum atomic E-state index is 0.384. The van der Waals surface area contributed by atoms with Crippen molar-refractivity contribution in [3.63, 3.8) is 0 Å². The number of hydrogen-bond donors (Lipinski definition) is 1. The topological polar surface area (TPSA) is 15.3 Å². The van der Waals surface area contributed by atoms with Crippen molar-refractivity contribution < 1.29 is 0 Å². The Bertz CT molecular complexity index is 256. The van der Waals surface area contributed by atoms with E-state index in [0.717, 1.165) is 12.0 Å². The SMILES string of the molecule is CCC1CCCCC1N1CCNC(C(C)(C)C)C1. The Balaban J connectivity index is 1.99. The quantitative estimate of drug-likeness (QED) is 0.811. The van der Waals surface area contributed by atoms with E-state index in [9.17, 15) is 0 Å². The fourth-order valence-electron chi connectivity index (χ4n) is 3.80. The van der Waals surface area contributed by atoms with E-state index in [1.54, 1.807) is 0 Å². The van der Waals surface area contributed by atoms with Gasteiger partial charge in [0.25, 0.3) is 0 Å². The zero-order valence-electron chi connectivity index (χ0n) is 12.8. The molecule has 18 heavy (non-hydrogen) atoms. The lowest BCUT2D eigenvalue weighted by atomic mass is 9.80. The smallest absolute Gasteiger partial charge is 0.0244 e. The van der Waals surface area contributed by atoms with Gasteiger partial charge >= 0.3 is 0 Å². The lowest BCUT2D eigenvalue weighted by Gasteiger charge is -2.47.